The van der Waals surface area contributed by atoms with Crippen LogP contribution >= 0.6 is 11.3 Å². The molecule has 8 nitrogen and oxygen atoms in total. The van der Waals surface area contributed by atoms with Crippen LogP contribution in [0.1, 0.15) is 50.5 Å². The number of piperazine rings is 1. The van der Waals surface area contributed by atoms with Gasteiger partial charge in [-0.25, -0.2) is 9.78 Å². The second kappa shape index (κ2) is 10.8. The first-order chi connectivity index (χ1) is 16.3. The number of hydrogen-bond acceptors (Lipinski definition) is 7. The Morgan fingerprint density at radius 1 is 1.29 bits per heavy atom. The molecule has 0 saturated carbocycles. The summed E-state index contributed by atoms with van der Waals surface area (Å²) in [5, 5.41) is 7.28. The summed E-state index contributed by atoms with van der Waals surface area (Å²) in [6.07, 6.45) is 2.17. The number of amides is 2. The van der Waals surface area contributed by atoms with Crippen LogP contribution in [-0.4, -0.2) is 66.8 Å². The highest BCUT2D eigenvalue weighted by Crippen LogP contribution is 2.41. The third-order valence-corrected chi connectivity index (χ3v) is 7.39. The van der Waals surface area contributed by atoms with E-state index in [1.165, 1.54) is 4.88 Å². The van der Waals surface area contributed by atoms with Gasteiger partial charge < -0.3 is 20.3 Å². The second-order valence-corrected chi connectivity index (χ2v) is 10.6. The van der Waals surface area contributed by atoms with Crippen molar-refractivity contribution in [2.75, 3.05) is 37.6 Å². The lowest BCUT2D eigenvalue weighted by molar-refractivity contribution is -0.117. The van der Waals surface area contributed by atoms with E-state index in [1.807, 2.05) is 31.0 Å². The Bertz CT molecular complexity index is 1020. The number of carbonyl (C=O) groups is 2. The molecule has 0 unspecified atom stereocenters. The highest BCUT2D eigenvalue weighted by Gasteiger charge is 2.33. The molecule has 4 rings (SSSR count). The molecule has 1 aromatic carbocycles. The molecular weight excluding hydrogens is 450 g/mol. The lowest BCUT2D eigenvalue weighted by atomic mass is 9.85. The van der Waals surface area contributed by atoms with E-state index in [0.29, 0.717) is 6.54 Å². The summed E-state index contributed by atoms with van der Waals surface area (Å²) in [5.74, 6) is 0.111. The Hall–Kier alpha value is -2.49. The van der Waals surface area contributed by atoms with Gasteiger partial charge in [0, 0.05) is 80.5 Å². The number of alkyl carbamates (subject to hydrolysis) is 1. The van der Waals surface area contributed by atoms with Gasteiger partial charge in [-0.2, -0.15) is 0 Å². The van der Waals surface area contributed by atoms with Gasteiger partial charge in [0.05, 0.1) is 6.10 Å². The van der Waals surface area contributed by atoms with Crippen LogP contribution in [0.4, 0.5) is 10.5 Å². The average Bonchev–Trinajstić information content (AvgIpc) is 3.25. The molecule has 0 aliphatic carbocycles. The number of nitrogens with one attached hydrogen (secondary N) is 2. The van der Waals surface area contributed by atoms with E-state index in [9.17, 15) is 9.59 Å². The fraction of sp³-hybridized carbons (Fsp3) is 0.560. The van der Waals surface area contributed by atoms with Gasteiger partial charge in [0.1, 0.15) is 5.01 Å². The maximum absolute atomic E-state index is 12.4. The predicted octanol–water partition coefficient (Wildman–Crippen LogP) is 3.58. The van der Waals surface area contributed by atoms with Crippen molar-refractivity contribution in [1.82, 2.24) is 20.5 Å². The number of thiazole rings is 1. The number of benzene rings is 1. The van der Waals surface area contributed by atoms with Crippen LogP contribution in [0.25, 0.3) is 10.6 Å². The summed E-state index contributed by atoms with van der Waals surface area (Å²) in [6.45, 7) is 12.9. The SMILES string of the molecule is CC(=O)N1c2ccc(-c3ncc(CN4CCNCC4)s3)cc2[C@H](CNC(=O)OC(C)C)C[C@@H]1C. The van der Waals surface area contributed by atoms with Gasteiger partial charge in [0.15, 0.2) is 0 Å². The lowest BCUT2D eigenvalue weighted by Crippen LogP contribution is -2.44. The van der Waals surface area contributed by atoms with Gasteiger partial charge in [-0.15, -0.1) is 11.3 Å². The molecule has 1 aromatic heterocycles. The topological polar surface area (TPSA) is 86.8 Å². The number of ether oxygens (including phenoxy) is 1. The summed E-state index contributed by atoms with van der Waals surface area (Å²) in [6, 6.07) is 6.27. The quantitative estimate of drug-likeness (QED) is 0.651. The third-order valence-electron chi connectivity index (χ3n) is 6.36. The zero-order valence-electron chi connectivity index (χ0n) is 20.5. The van der Waals surface area contributed by atoms with Crippen LogP contribution in [0.2, 0.25) is 0 Å². The van der Waals surface area contributed by atoms with Crippen LogP contribution < -0.4 is 15.5 Å². The molecule has 2 N–H and O–H groups in total. The van der Waals surface area contributed by atoms with Gasteiger partial charge in [0.25, 0.3) is 0 Å². The Balaban J connectivity index is 1.57. The summed E-state index contributed by atoms with van der Waals surface area (Å²) in [7, 11) is 0. The summed E-state index contributed by atoms with van der Waals surface area (Å²) in [5.41, 5.74) is 3.02. The van der Waals surface area contributed by atoms with Crippen LogP contribution in [0.5, 0.6) is 0 Å². The Morgan fingerprint density at radius 3 is 2.76 bits per heavy atom. The van der Waals surface area contributed by atoms with E-state index in [1.54, 1.807) is 18.3 Å². The smallest absolute Gasteiger partial charge is 0.407 e. The standard InChI is InChI=1S/C25H35N5O3S/c1-16(2)33-25(32)28-13-20-11-17(3)30(18(4)31)23-6-5-19(12-22(20)23)24-27-14-21(34-24)15-29-9-7-26-8-10-29/h5-6,12,14,16-17,20,26H,7-11,13,15H2,1-4H3,(H,28,32)/t17-,20-/m0/s1. The van der Waals surface area contributed by atoms with Crippen molar-refractivity contribution in [1.29, 1.82) is 0 Å². The summed E-state index contributed by atoms with van der Waals surface area (Å²) < 4.78 is 5.24. The molecule has 2 atom stereocenters. The number of anilines is 1. The van der Waals surface area contributed by atoms with E-state index in [4.69, 9.17) is 9.72 Å². The van der Waals surface area contributed by atoms with E-state index in [-0.39, 0.29) is 24.0 Å². The van der Waals surface area contributed by atoms with Crippen LogP contribution in [0.15, 0.2) is 24.4 Å². The molecular formula is C25H35N5O3S. The number of aromatic nitrogens is 1. The molecule has 2 amide bonds. The highest BCUT2D eigenvalue weighted by atomic mass is 32.1. The largest absolute Gasteiger partial charge is 0.447 e. The first kappa shape index (κ1) is 24.6. The fourth-order valence-corrected chi connectivity index (χ4v) is 5.81. The maximum atomic E-state index is 12.4. The molecule has 1 fully saturated rings. The van der Waals surface area contributed by atoms with E-state index in [0.717, 1.165) is 61.0 Å². The zero-order chi connectivity index (χ0) is 24.2. The van der Waals surface area contributed by atoms with Crippen molar-refractivity contribution >= 4 is 29.0 Å². The molecule has 2 aromatic rings. The van der Waals surface area contributed by atoms with Crippen molar-refractivity contribution < 1.29 is 14.3 Å². The van der Waals surface area contributed by atoms with Crippen LogP contribution in [0.3, 0.4) is 0 Å². The van der Waals surface area contributed by atoms with Gasteiger partial charge >= 0.3 is 6.09 Å². The Morgan fingerprint density at radius 2 is 2.06 bits per heavy atom. The molecule has 3 heterocycles. The molecule has 0 bridgehead atoms. The molecule has 0 spiro atoms. The molecule has 184 valence electrons. The maximum Gasteiger partial charge on any atom is 0.407 e. The van der Waals surface area contributed by atoms with Gasteiger partial charge in [-0.3, -0.25) is 9.69 Å². The predicted molar refractivity (Wildman–Crippen MR) is 135 cm³/mol. The minimum absolute atomic E-state index is 0.0275. The van der Waals surface area contributed by atoms with Crippen molar-refractivity contribution in [3.8, 4) is 10.6 Å². The van der Waals surface area contributed by atoms with Crippen LogP contribution in [0, 0.1) is 0 Å². The minimum Gasteiger partial charge on any atom is -0.447 e. The summed E-state index contributed by atoms with van der Waals surface area (Å²) in [4.78, 5) is 34.8. The van der Waals surface area contributed by atoms with E-state index < -0.39 is 6.09 Å². The number of carbonyl (C=O) groups excluding carboxylic acids is 2. The number of fused-ring (bicyclic) bond motifs is 1. The highest BCUT2D eigenvalue weighted by molar-refractivity contribution is 7.15. The number of rotatable bonds is 6. The van der Waals surface area contributed by atoms with Gasteiger partial charge in [0.2, 0.25) is 5.91 Å². The molecule has 9 heteroatoms. The van der Waals surface area contributed by atoms with Crippen LogP contribution in [-0.2, 0) is 16.1 Å². The van der Waals surface area contributed by atoms with Crippen molar-refractivity contribution in [2.24, 2.45) is 0 Å². The third kappa shape index (κ3) is 5.76. The second-order valence-electron chi connectivity index (χ2n) is 9.44. The lowest BCUT2D eigenvalue weighted by Gasteiger charge is -2.39. The number of nitrogens with zero attached hydrogens (tertiary/aromatic N) is 3. The average molecular weight is 486 g/mol. The Kier molecular flexibility index (Phi) is 7.85. The summed E-state index contributed by atoms with van der Waals surface area (Å²) >= 11 is 1.72. The van der Waals surface area contributed by atoms with Crippen molar-refractivity contribution in [3.05, 3.63) is 34.8 Å². The minimum atomic E-state index is -0.410. The first-order valence-corrected chi connectivity index (χ1v) is 12.9. The molecule has 2 aliphatic heterocycles. The molecule has 34 heavy (non-hydrogen) atoms. The monoisotopic (exact) mass is 485 g/mol. The van der Waals surface area contributed by atoms with Crippen molar-refractivity contribution in [3.63, 3.8) is 0 Å². The molecule has 0 radical (unpaired) electrons. The molecule has 1 saturated heterocycles. The van der Waals surface area contributed by atoms with Crippen molar-refractivity contribution in [2.45, 2.75) is 58.7 Å². The van der Waals surface area contributed by atoms with Gasteiger partial charge in [-0.05, 0) is 51.0 Å². The zero-order valence-corrected chi connectivity index (χ0v) is 21.3. The Labute approximate surface area is 205 Å². The van der Waals surface area contributed by atoms with Gasteiger partial charge in [-0.1, -0.05) is 0 Å². The molecule has 2 aliphatic rings. The first-order valence-electron chi connectivity index (χ1n) is 12.1. The fourth-order valence-electron chi connectivity index (χ4n) is 4.85. The van der Waals surface area contributed by atoms with E-state index >= 15 is 0 Å². The number of hydrogen-bond donors (Lipinski definition) is 2. The normalized spacial score (nSPS) is 20.8. The van der Waals surface area contributed by atoms with E-state index in [2.05, 4.69) is 34.6 Å².